The predicted molar refractivity (Wildman–Crippen MR) is 117 cm³/mol. The molecule has 1 aliphatic rings. The van der Waals surface area contributed by atoms with Gasteiger partial charge in [-0.2, -0.15) is 0 Å². The minimum absolute atomic E-state index is 0.225. The van der Waals surface area contributed by atoms with Crippen molar-refractivity contribution >= 4 is 63.2 Å². The number of hydrogen-bond donors (Lipinski definition) is 1. The normalized spacial score (nSPS) is 16.1. The molecule has 1 saturated heterocycles. The minimum Gasteiger partial charge on any atom is -0.459 e. The molecule has 1 unspecified atom stereocenters. The molecule has 2 aromatic heterocycles. The van der Waals surface area contributed by atoms with E-state index in [0.29, 0.717) is 38.2 Å². The molecular formula is C19H16Cl2N4O3S2. The van der Waals surface area contributed by atoms with Crippen LogP contribution in [0, 0.1) is 0 Å². The van der Waals surface area contributed by atoms with Crippen LogP contribution in [0.15, 0.2) is 45.4 Å². The van der Waals surface area contributed by atoms with Crippen LogP contribution in [0.3, 0.4) is 0 Å². The average Bonchev–Trinajstić information content (AvgIpc) is 3.48. The first kappa shape index (κ1) is 21.2. The lowest BCUT2D eigenvalue weighted by Gasteiger charge is -2.22. The largest absolute Gasteiger partial charge is 0.459 e. The van der Waals surface area contributed by atoms with E-state index in [1.165, 1.54) is 34.3 Å². The van der Waals surface area contributed by atoms with Crippen molar-refractivity contribution in [2.75, 3.05) is 11.9 Å². The number of nitrogens with zero attached hydrogens (tertiary/aromatic N) is 3. The monoisotopic (exact) mass is 482 g/mol. The first-order valence-corrected chi connectivity index (χ1v) is 11.6. The van der Waals surface area contributed by atoms with Gasteiger partial charge in [0.25, 0.3) is 5.91 Å². The molecule has 3 aromatic rings. The van der Waals surface area contributed by atoms with Crippen LogP contribution in [-0.4, -0.2) is 39.5 Å². The molecule has 30 heavy (non-hydrogen) atoms. The van der Waals surface area contributed by atoms with Crippen LogP contribution >= 0.6 is 46.3 Å². The molecule has 1 aliphatic heterocycles. The fourth-order valence-electron chi connectivity index (χ4n) is 3.14. The lowest BCUT2D eigenvalue weighted by molar-refractivity contribution is -0.119. The van der Waals surface area contributed by atoms with E-state index >= 15 is 0 Å². The fourth-order valence-corrected chi connectivity index (χ4v) is 5.63. The number of carbonyl (C=O) groups excluding carboxylic acids is 2. The van der Waals surface area contributed by atoms with Crippen LogP contribution in [0.1, 0.15) is 29.0 Å². The van der Waals surface area contributed by atoms with Gasteiger partial charge in [-0.3, -0.25) is 14.9 Å². The van der Waals surface area contributed by atoms with E-state index in [9.17, 15) is 9.59 Å². The number of halogens is 2. The fraction of sp³-hybridized carbons (Fsp3) is 0.263. The molecule has 3 heterocycles. The number of amides is 2. The zero-order chi connectivity index (χ0) is 21.1. The van der Waals surface area contributed by atoms with E-state index in [2.05, 4.69) is 15.5 Å². The summed E-state index contributed by atoms with van der Waals surface area (Å²) in [5.74, 6) is 0.189. The molecule has 11 heteroatoms. The second-order valence-electron chi connectivity index (χ2n) is 6.49. The van der Waals surface area contributed by atoms with Crippen molar-refractivity contribution < 1.29 is 14.0 Å². The Bertz CT molecular complexity index is 1040. The van der Waals surface area contributed by atoms with E-state index in [1.807, 2.05) is 0 Å². The quantitative estimate of drug-likeness (QED) is 0.393. The van der Waals surface area contributed by atoms with Crippen molar-refractivity contribution in [3.63, 3.8) is 0 Å². The Morgan fingerprint density at radius 1 is 1.23 bits per heavy atom. The predicted octanol–water partition coefficient (Wildman–Crippen LogP) is 4.97. The van der Waals surface area contributed by atoms with E-state index < -0.39 is 6.04 Å². The molecule has 0 spiro atoms. The number of nitrogens with one attached hydrogen (secondary N) is 1. The summed E-state index contributed by atoms with van der Waals surface area (Å²) in [7, 11) is 0. The van der Waals surface area contributed by atoms with E-state index in [0.717, 1.165) is 12.0 Å². The lowest BCUT2D eigenvalue weighted by atomic mass is 10.2. The highest BCUT2D eigenvalue weighted by atomic mass is 35.5. The Hall–Kier alpha value is -2.07. The molecule has 1 atom stereocenters. The first-order valence-electron chi connectivity index (χ1n) is 9.07. The number of carbonyl (C=O) groups is 2. The van der Waals surface area contributed by atoms with E-state index in [1.54, 1.807) is 30.3 Å². The van der Waals surface area contributed by atoms with Gasteiger partial charge in [0, 0.05) is 22.3 Å². The third kappa shape index (κ3) is 4.64. The Labute approximate surface area is 190 Å². The van der Waals surface area contributed by atoms with Gasteiger partial charge in [-0.25, -0.2) is 0 Å². The molecule has 1 fully saturated rings. The van der Waals surface area contributed by atoms with Crippen molar-refractivity contribution in [3.8, 4) is 0 Å². The number of rotatable bonds is 6. The molecular weight excluding hydrogens is 467 g/mol. The van der Waals surface area contributed by atoms with Crippen LogP contribution in [0.4, 0.5) is 5.13 Å². The molecule has 1 N–H and O–H groups in total. The number of thioether (sulfide) groups is 1. The highest BCUT2D eigenvalue weighted by molar-refractivity contribution is 8.00. The van der Waals surface area contributed by atoms with Crippen LogP contribution < -0.4 is 5.32 Å². The molecule has 7 nitrogen and oxygen atoms in total. The van der Waals surface area contributed by atoms with Crippen molar-refractivity contribution in [1.29, 1.82) is 0 Å². The summed E-state index contributed by atoms with van der Waals surface area (Å²) in [6.07, 6.45) is 2.78. The minimum atomic E-state index is -0.565. The summed E-state index contributed by atoms with van der Waals surface area (Å²) < 4.78 is 5.85. The summed E-state index contributed by atoms with van der Waals surface area (Å²) in [5, 5.41) is 12.5. The number of benzene rings is 1. The van der Waals surface area contributed by atoms with Crippen LogP contribution in [-0.2, 0) is 10.5 Å². The summed E-state index contributed by atoms with van der Waals surface area (Å²) in [4.78, 5) is 26.8. The van der Waals surface area contributed by atoms with Crippen molar-refractivity contribution in [1.82, 2.24) is 15.1 Å². The topological polar surface area (TPSA) is 88.3 Å². The van der Waals surface area contributed by atoms with Gasteiger partial charge in [0.05, 0.1) is 6.26 Å². The van der Waals surface area contributed by atoms with Crippen LogP contribution in [0.5, 0.6) is 0 Å². The second-order valence-corrected chi connectivity index (χ2v) is 9.50. The summed E-state index contributed by atoms with van der Waals surface area (Å²) in [6, 6.07) is 8.03. The van der Waals surface area contributed by atoms with Crippen LogP contribution in [0.25, 0.3) is 0 Å². The zero-order valence-corrected chi connectivity index (χ0v) is 18.7. The van der Waals surface area contributed by atoms with Gasteiger partial charge in [0.15, 0.2) is 10.1 Å². The molecule has 0 bridgehead atoms. The van der Waals surface area contributed by atoms with Gasteiger partial charge >= 0.3 is 0 Å². The number of anilines is 1. The Morgan fingerprint density at radius 2 is 2.03 bits per heavy atom. The number of hydrogen-bond acceptors (Lipinski definition) is 7. The molecule has 156 valence electrons. The molecule has 0 radical (unpaired) electrons. The maximum atomic E-state index is 12.7. The number of aromatic nitrogens is 2. The van der Waals surface area contributed by atoms with Crippen LogP contribution in [0.2, 0.25) is 10.0 Å². The second kappa shape index (κ2) is 9.38. The number of furan rings is 1. The third-order valence-corrected chi connectivity index (χ3v) is 7.29. The third-order valence-electron chi connectivity index (χ3n) is 4.59. The van der Waals surface area contributed by atoms with Gasteiger partial charge in [-0.1, -0.05) is 52.4 Å². The van der Waals surface area contributed by atoms with Crippen molar-refractivity contribution in [2.45, 2.75) is 29.0 Å². The standard InChI is InChI=1S/C19H16Cl2N4O3S2/c20-12-4-1-5-13(21)11(12)10-29-19-24-23-18(30-19)22-16(26)14-6-2-8-25(14)17(27)15-7-3-9-28-15/h1,3-5,7,9,14H,2,6,8,10H2,(H,22,23,26). The van der Waals surface area contributed by atoms with E-state index in [-0.39, 0.29) is 17.6 Å². The smallest absolute Gasteiger partial charge is 0.290 e. The Kier molecular flexibility index (Phi) is 6.62. The summed E-state index contributed by atoms with van der Waals surface area (Å²) >= 11 is 15.1. The highest BCUT2D eigenvalue weighted by Gasteiger charge is 2.35. The maximum absolute atomic E-state index is 12.7. The summed E-state index contributed by atoms with van der Waals surface area (Å²) in [6.45, 7) is 0.507. The van der Waals surface area contributed by atoms with Gasteiger partial charge in [-0.05, 0) is 42.7 Å². The molecule has 0 saturated carbocycles. The molecule has 2 amide bonds. The Morgan fingerprint density at radius 3 is 2.77 bits per heavy atom. The molecule has 4 rings (SSSR count). The SMILES string of the molecule is O=C(Nc1nnc(SCc2c(Cl)cccc2Cl)s1)C1CCCN1C(=O)c1ccco1. The lowest BCUT2D eigenvalue weighted by Crippen LogP contribution is -2.43. The van der Waals surface area contributed by atoms with Gasteiger partial charge in [-0.15, -0.1) is 10.2 Å². The van der Waals surface area contributed by atoms with Crippen molar-refractivity contribution in [3.05, 3.63) is 58.0 Å². The molecule has 0 aliphatic carbocycles. The Balaban J connectivity index is 1.37. The van der Waals surface area contributed by atoms with Gasteiger partial charge in [0.2, 0.25) is 11.0 Å². The van der Waals surface area contributed by atoms with Crippen molar-refractivity contribution in [2.24, 2.45) is 0 Å². The van der Waals surface area contributed by atoms with Gasteiger partial charge < -0.3 is 9.32 Å². The van der Waals surface area contributed by atoms with Gasteiger partial charge in [0.1, 0.15) is 6.04 Å². The molecule has 1 aromatic carbocycles. The summed E-state index contributed by atoms with van der Waals surface area (Å²) in [5.41, 5.74) is 0.824. The highest BCUT2D eigenvalue weighted by Crippen LogP contribution is 2.34. The average molecular weight is 483 g/mol. The maximum Gasteiger partial charge on any atom is 0.290 e. The zero-order valence-electron chi connectivity index (χ0n) is 15.5. The first-order chi connectivity index (χ1) is 14.5. The van der Waals surface area contributed by atoms with E-state index in [4.69, 9.17) is 27.6 Å². The number of likely N-dealkylation sites (tertiary alicyclic amines) is 1.